The van der Waals surface area contributed by atoms with Crippen LogP contribution in [0.15, 0.2) is 212 Å². The van der Waals surface area contributed by atoms with E-state index < -0.39 is 0 Å². The fourth-order valence-corrected chi connectivity index (χ4v) is 8.48. The van der Waals surface area contributed by atoms with E-state index in [4.69, 9.17) is 4.98 Å². The van der Waals surface area contributed by atoms with E-state index in [9.17, 15) is 0 Å². The molecule has 0 N–H and O–H groups in total. The van der Waals surface area contributed by atoms with Gasteiger partial charge in [0, 0.05) is 38.4 Å². The van der Waals surface area contributed by atoms with Gasteiger partial charge in [0.15, 0.2) is 0 Å². The highest BCUT2D eigenvalue weighted by molar-refractivity contribution is 6.23. The standard InChI is InChI=1S/C53H35N3/c1-4-14-36(15-5-1)38-24-28-40(29-25-38)48-34-43(35-49(54-48)41-30-26-39(27-31-41)37-16-6-2-7-17-37)56-51-23-13-11-21-45(51)47-33-32-46-44-20-10-12-22-50(44)55(52(46)53(47)56)42-18-8-3-9-19-42/h1-35H. The lowest BCUT2D eigenvalue weighted by atomic mass is 10.0. The molecule has 3 heteroatoms. The van der Waals surface area contributed by atoms with E-state index >= 15 is 0 Å². The molecule has 3 nitrogen and oxygen atoms in total. The third kappa shape index (κ3) is 5.25. The minimum Gasteiger partial charge on any atom is -0.307 e. The first-order valence-electron chi connectivity index (χ1n) is 19.1. The summed E-state index contributed by atoms with van der Waals surface area (Å²) in [6.07, 6.45) is 0. The van der Waals surface area contributed by atoms with E-state index in [0.29, 0.717) is 0 Å². The van der Waals surface area contributed by atoms with Crippen LogP contribution in [0.1, 0.15) is 0 Å². The normalized spacial score (nSPS) is 11.6. The van der Waals surface area contributed by atoms with Crippen molar-refractivity contribution in [1.29, 1.82) is 0 Å². The molecule has 11 rings (SSSR count). The van der Waals surface area contributed by atoms with Crippen LogP contribution >= 0.6 is 0 Å². The quantitative estimate of drug-likeness (QED) is 0.168. The van der Waals surface area contributed by atoms with Gasteiger partial charge in [-0.15, -0.1) is 0 Å². The van der Waals surface area contributed by atoms with Gasteiger partial charge in [0.2, 0.25) is 0 Å². The number of hydrogen-bond acceptors (Lipinski definition) is 1. The van der Waals surface area contributed by atoms with Crippen molar-refractivity contribution < 1.29 is 0 Å². The third-order valence-corrected chi connectivity index (χ3v) is 11.1. The molecular weight excluding hydrogens is 679 g/mol. The molecule has 0 radical (unpaired) electrons. The second kappa shape index (κ2) is 13.1. The van der Waals surface area contributed by atoms with Crippen molar-refractivity contribution in [2.75, 3.05) is 0 Å². The van der Waals surface area contributed by atoms with Crippen molar-refractivity contribution in [3.8, 4) is 56.1 Å². The average molecular weight is 714 g/mol. The molecule has 11 aromatic rings. The zero-order valence-electron chi connectivity index (χ0n) is 30.5. The van der Waals surface area contributed by atoms with Crippen LogP contribution < -0.4 is 0 Å². The molecule has 0 saturated heterocycles. The van der Waals surface area contributed by atoms with E-state index in [1.807, 2.05) is 0 Å². The lowest BCUT2D eigenvalue weighted by Crippen LogP contribution is -2.00. The highest BCUT2D eigenvalue weighted by Gasteiger charge is 2.22. The zero-order valence-corrected chi connectivity index (χ0v) is 30.5. The Kier molecular flexibility index (Phi) is 7.49. The maximum atomic E-state index is 5.39. The lowest BCUT2D eigenvalue weighted by Gasteiger charge is -2.15. The number of nitrogens with zero attached hydrogens (tertiary/aromatic N) is 3. The Bertz CT molecular complexity index is 3090. The number of rotatable bonds is 6. The van der Waals surface area contributed by atoms with Gasteiger partial charge in [-0.05, 0) is 58.7 Å². The highest BCUT2D eigenvalue weighted by atomic mass is 15.0. The van der Waals surface area contributed by atoms with E-state index in [1.165, 1.54) is 60.3 Å². The predicted molar refractivity (Wildman–Crippen MR) is 235 cm³/mol. The molecule has 0 aliphatic heterocycles. The summed E-state index contributed by atoms with van der Waals surface area (Å²) in [4.78, 5) is 5.39. The summed E-state index contributed by atoms with van der Waals surface area (Å²) in [6, 6.07) is 76.2. The molecule has 8 aromatic carbocycles. The molecular formula is C53H35N3. The smallest absolute Gasteiger partial charge is 0.0788 e. The Labute approximate surface area is 325 Å². The molecule has 0 saturated carbocycles. The molecule has 262 valence electrons. The van der Waals surface area contributed by atoms with Crippen molar-refractivity contribution in [3.63, 3.8) is 0 Å². The van der Waals surface area contributed by atoms with Crippen molar-refractivity contribution >= 4 is 43.6 Å². The largest absolute Gasteiger partial charge is 0.307 e. The fourth-order valence-electron chi connectivity index (χ4n) is 8.48. The second-order valence-corrected chi connectivity index (χ2v) is 14.4. The van der Waals surface area contributed by atoms with Gasteiger partial charge in [0.1, 0.15) is 0 Å². The number of fused-ring (bicyclic) bond motifs is 7. The average Bonchev–Trinajstić information content (AvgIpc) is 3.80. The molecule has 0 atom stereocenters. The first kappa shape index (κ1) is 32.0. The number of pyridine rings is 1. The molecule has 0 spiro atoms. The monoisotopic (exact) mass is 713 g/mol. The van der Waals surface area contributed by atoms with Gasteiger partial charge >= 0.3 is 0 Å². The molecule has 0 aliphatic carbocycles. The summed E-state index contributed by atoms with van der Waals surface area (Å²) in [5.41, 5.74) is 15.6. The fraction of sp³-hybridized carbons (Fsp3) is 0. The molecule has 0 fully saturated rings. The van der Waals surface area contributed by atoms with Crippen LogP contribution in [0, 0.1) is 0 Å². The number of para-hydroxylation sites is 3. The lowest BCUT2D eigenvalue weighted by molar-refractivity contribution is 1.14. The van der Waals surface area contributed by atoms with Gasteiger partial charge in [0.05, 0.1) is 39.1 Å². The summed E-state index contributed by atoms with van der Waals surface area (Å²) in [7, 11) is 0. The van der Waals surface area contributed by atoms with Crippen LogP contribution in [-0.4, -0.2) is 14.1 Å². The molecule has 56 heavy (non-hydrogen) atoms. The first-order valence-corrected chi connectivity index (χ1v) is 19.1. The Balaban J connectivity index is 1.20. The van der Waals surface area contributed by atoms with Crippen molar-refractivity contribution in [2.45, 2.75) is 0 Å². The van der Waals surface area contributed by atoms with Gasteiger partial charge in [-0.3, -0.25) is 0 Å². The summed E-state index contributed by atoms with van der Waals surface area (Å²) >= 11 is 0. The van der Waals surface area contributed by atoms with Gasteiger partial charge in [0.25, 0.3) is 0 Å². The molecule has 3 heterocycles. The minimum atomic E-state index is 0.922. The summed E-state index contributed by atoms with van der Waals surface area (Å²) in [6.45, 7) is 0. The Morgan fingerprint density at radius 3 is 1.09 bits per heavy atom. The molecule has 3 aromatic heterocycles. The number of aromatic nitrogens is 3. The molecule has 0 amide bonds. The Morgan fingerprint density at radius 1 is 0.268 bits per heavy atom. The topological polar surface area (TPSA) is 22.8 Å². The Hall–Kier alpha value is -7.49. The van der Waals surface area contributed by atoms with Crippen LogP contribution in [0.3, 0.4) is 0 Å². The van der Waals surface area contributed by atoms with Gasteiger partial charge in [-0.25, -0.2) is 4.98 Å². The maximum Gasteiger partial charge on any atom is 0.0788 e. The van der Waals surface area contributed by atoms with Gasteiger partial charge in [-0.1, -0.05) is 176 Å². The van der Waals surface area contributed by atoms with Crippen molar-refractivity contribution in [3.05, 3.63) is 212 Å². The first-order chi connectivity index (χ1) is 27.8. The van der Waals surface area contributed by atoms with Crippen LogP contribution in [0.5, 0.6) is 0 Å². The van der Waals surface area contributed by atoms with Crippen LogP contribution in [0.4, 0.5) is 0 Å². The molecule has 0 aliphatic rings. The summed E-state index contributed by atoms with van der Waals surface area (Å²) in [5.74, 6) is 0. The van der Waals surface area contributed by atoms with E-state index in [-0.39, 0.29) is 0 Å². The number of hydrogen-bond donors (Lipinski definition) is 0. The van der Waals surface area contributed by atoms with Gasteiger partial charge in [-0.2, -0.15) is 0 Å². The highest BCUT2D eigenvalue weighted by Crippen LogP contribution is 2.42. The van der Waals surface area contributed by atoms with Gasteiger partial charge < -0.3 is 9.13 Å². The molecule has 0 bridgehead atoms. The maximum absolute atomic E-state index is 5.39. The van der Waals surface area contributed by atoms with Crippen molar-refractivity contribution in [2.24, 2.45) is 0 Å². The van der Waals surface area contributed by atoms with E-state index in [2.05, 4.69) is 221 Å². The SMILES string of the molecule is c1ccc(-c2ccc(-c3cc(-n4c5ccccc5c5ccc6c7ccccc7n(-c7ccccc7)c6c54)cc(-c4ccc(-c5ccccc5)cc4)n3)cc2)cc1. The second-order valence-electron chi connectivity index (χ2n) is 14.4. The van der Waals surface area contributed by atoms with Crippen molar-refractivity contribution in [1.82, 2.24) is 14.1 Å². The van der Waals surface area contributed by atoms with Crippen LogP contribution in [-0.2, 0) is 0 Å². The summed E-state index contributed by atoms with van der Waals surface area (Å²) in [5, 5.41) is 4.89. The molecule has 0 unspecified atom stereocenters. The van der Waals surface area contributed by atoms with Crippen LogP contribution in [0.25, 0.3) is 99.8 Å². The Morgan fingerprint density at radius 2 is 0.625 bits per heavy atom. The number of benzene rings is 8. The summed E-state index contributed by atoms with van der Waals surface area (Å²) < 4.78 is 4.91. The van der Waals surface area contributed by atoms with E-state index in [0.717, 1.165) is 39.4 Å². The zero-order chi connectivity index (χ0) is 37.0. The third-order valence-electron chi connectivity index (χ3n) is 11.1. The van der Waals surface area contributed by atoms with Crippen LogP contribution in [0.2, 0.25) is 0 Å². The predicted octanol–water partition coefficient (Wildman–Crippen LogP) is 13.9. The van der Waals surface area contributed by atoms with E-state index in [1.54, 1.807) is 0 Å². The minimum absolute atomic E-state index is 0.922.